The van der Waals surface area contributed by atoms with Gasteiger partial charge in [0.15, 0.2) is 0 Å². The molecule has 0 heterocycles. The monoisotopic (exact) mass is 528 g/mol. The predicted octanol–water partition coefficient (Wildman–Crippen LogP) is 7.59. The molecule has 0 spiro atoms. The summed E-state index contributed by atoms with van der Waals surface area (Å²) in [6.07, 6.45) is 12.5. The van der Waals surface area contributed by atoms with Crippen LogP contribution in [-0.2, 0) is 29.1 Å². The summed E-state index contributed by atoms with van der Waals surface area (Å²) in [5, 5.41) is 18.2. The molecule has 0 aromatic heterocycles. The maximum Gasteiger partial charge on any atom is 6.00 e. The van der Waals surface area contributed by atoms with Gasteiger partial charge in [-0.3, -0.25) is 13.6 Å². The Kier molecular flexibility index (Phi) is 57.8. The minimum absolute atomic E-state index is 0. The first-order chi connectivity index (χ1) is 14.7. The zero-order valence-electron chi connectivity index (χ0n) is 21.2. The summed E-state index contributed by atoms with van der Waals surface area (Å²) in [7, 11) is 0. The second kappa shape index (κ2) is 43.6. The Bertz CT molecular complexity index is 214. The molecule has 186 valence electrons. The van der Waals surface area contributed by atoms with Crippen LogP contribution in [0.3, 0.4) is 0 Å². The second-order valence-corrected chi connectivity index (χ2v) is 6.87. The number of nitrogens with zero attached hydrogens (tertiary/aromatic N) is 4. The minimum atomic E-state index is 0. The fourth-order valence-electron chi connectivity index (χ4n) is 2.37. The first kappa shape index (κ1) is 41.1. The third kappa shape index (κ3) is 40.7. The van der Waals surface area contributed by atoms with Gasteiger partial charge in [-0.1, -0.05) is 106 Å². The Hall–Kier alpha value is -0.197. The predicted molar refractivity (Wildman–Crippen MR) is 134 cm³/mol. The third-order valence-electron chi connectivity index (χ3n) is 3.89. The van der Waals surface area contributed by atoms with Gasteiger partial charge in [-0.05, 0) is 0 Å². The molecule has 0 saturated carbocycles. The minimum Gasteiger partial charge on any atom is -0.678 e. The molecule has 0 aromatic rings. The summed E-state index contributed by atoms with van der Waals surface area (Å²) < 4.78 is 0. The molecular formula is C24H50N4O2Ru. The second-order valence-electron chi connectivity index (χ2n) is 6.87. The van der Waals surface area contributed by atoms with E-state index >= 15 is 0 Å². The van der Waals surface area contributed by atoms with Crippen LogP contribution in [0.1, 0.15) is 106 Å². The van der Waals surface area contributed by atoms with Crippen LogP contribution in [0.4, 0.5) is 0 Å². The van der Waals surface area contributed by atoms with E-state index < -0.39 is 0 Å². The number of hydrogen-bond donors (Lipinski definition) is 0. The summed E-state index contributed by atoms with van der Waals surface area (Å²) in [4.78, 5) is 15.5. The van der Waals surface area contributed by atoms with Gasteiger partial charge in [0.1, 0.15) is 0 Å². The fourth-order valence-corrected chi connectivity index (χ4v) is 2.37. The van der Waals surface area contributed by atoms with E-state index in [1.807, 2.05) is 0 Å². The maximum absolute atomic E-state index is 7.75. The Labute approximate surface area is 208 Å². The number of rotatable bonds is 18. The van der Waals surface area contributed by atoms with Crippen LogP contribution in [0.25, 0.3) is 21.3 Å². The average Bonchev–Trinajstić information content (AvgIpc) is 2.81. The van der Waals surface area contributed by atoms with Crippen LogP contribution in [0.2, 0.25) is 0 Å². The summed E-state index contributed by atoms with van der Waals surface area (Å²) in [6, 6.07) is 0. The molecule has 0 N–H and O–H groups in total. The SMILES string of the molecule is CCCCC([N-]CCC)[N-]CCC.CCCCC([N-]CCC)[N-]CCC.[CH-]=O.[CH-]=O.[Ru+6]. The first-order valence-electron chi connectivity index (χ1n) is 11.8. The molecule has 0 radical (unpaired) electrons. The topological polar surface area (TPSA) is 90.5 Å². The van der Waals surface area contributed by atoms with Gasteiger partial charge in [-0.2, -0.15) is 26.2 Å². The van der Waals surface area contributed by atoms with Crippen molar-refractivity contribution in [1.29, 1.82) is 0 Å². The summed E-state index contributed by atoms with van der Waals surface area (Å²) >= 11 is 0. The van der Waals surface area contributed by atoms with Crippen molar-refractivity contribution in [2.45, 2.75) is 118 Å². The van der Waals surface area contributed by atoms with Gasteiger partial charge in [-0.25, -0.2) is 12.3 Å². The Morgan fingerprint density at radius 2 is 0.710 bits per heavy atom. The van der Waals surface area contributed by atoms with E-state index in [4.69, 9.17) is 9.59 Å². The van der Waals surface area contributed by atoms with Crippen LogP contribution in [0.5, 0.6) is 0 Å². The quantitative estimate of drug-likeness (QED) is 0.104. The molecule has 0 aliphatic carbocycles. The van der Waals surface area contributed by atoms with Crippen LogP contribution in [0.15, 0.2) is 0 Å². The van der Waals surface area contributed by atoms with E-state index in [0.29, 0.717) is 12.3 Å². The average molecular weight is 528 g/mol. The number of hydrogen-bond acceptors (Lipinski definition) is 2. The van der Waals surface area contributed by atoms with E-state index in [1.54, 1.807) is 0 Å². The summed E-state index contributed by atoms with van der Waals surface area (Å²) in [5.74, 6) is 0. The largest absolute Gasteiger partial charge is 6.00 e. The molecule has 0 fully saturated rings. The third-order valence-corrected chi connectivity index (χ3v) is 3.89. The molecule has 0 aliphatic heterocycles. The smallest absolute Gasteiger partial charge is 0.678 e. The molecule has 0 amide bonds. The van der Waals surface area contributed by atoms with Gasteiger partial charge in [-0.15, -0.1) is 0 Å². The molecule has 0 bridgehead atoms. The first-order valence-corrected chi connectivity index (χ1v) is 11.8. The van der Waals surface area contributed by atoms with Crippen LogP contribution in [0, 0.1) is 0 Å². The summed E-state index contributed by atoms with van der Waals surface area (Å²) in [5.41, 5.74) is 0. The molecule has 0 saturated heterocycles. The van der Waals surface area contributed by atoms with E-state index in [1.165, 1.54) is 25.7 Å². The van der Waals surface area contributed by atoms with Crippen LogP contribution in [-0.4, -0.2) is 52.1 Å². The molecular weight excluding hydrogens is 477 g/mol. The van der Waals surface area contributed by atoms with Gasteiger partial charge in [0.05, 0.1) is 0 Å². The summed E-state index contributed by atoms with van der Waals surface area (Å²) in [6.45, 7) is 23.5. The molecule has 7 heteroatoms. The zero-order chi connectivity index (χ0) is 23.9. The van der Waals surface area contributed by atoms with E-state index in [9.17, 15) is 0 Å². The standard InChI is InChI=1S/2C11H24N2.2CHO.Ru/c2*1-4-7-8-11(12-9-5-2)13-10-6-3;2*1-2;/h2*11H,4-10H2,1-3H3;2*1H;/q2*-2;2*-1;+6. The normalized spacial score (nSPS) is 9.55. The van der Waals surface area contributed by atoms with Crippen molar-refractivity contribution in [1.82, 2.24) is 0 Å². The van der Waals surface area contributed by atoms with Crippen LogP contribution < -0.4 is 0 Å². The Morgan fingerprint density at radius 1 is 0.484 bits per heavy atom. The van der Waals surface area contributed by atoms with Crippen molar-refractivity contribution in [2.24, 2.45) is 0 Å². The van der Waals surface area contributed by atoms with Crippen molar-refractivity contribution in [2.75, 3.05) is 26.2 Å². The van der Waals surface area contributed by atoms with Crippen molar-refractivity contribution in [3.05, 3.63) is 21.3 Å². The maximum atomic E-state index is 7.75. The molecule has 0 aromatic carbocycles. The van der Waals surface area contributed by atoms with E-state index in [0.717, 1.165) is 64.7 Å². The molecule has 6 nitrogen and oxygen atoms in total. The fraction of sp³-hybridized carbons (Fsp3) is 0.917. The van der Waals surface area contributed by atoms with Gasteiger partial charge >= 0.3 is 19.5 Å². The van der Waals surface area contributed by atoms with Gasteiger partial charge in [0.2, 0.25) is 0 Å². The molecule has 0 atom stereocenters. The molecule has 31 heavy (non-hydrogen) atoms. The van der Waals surface area contributed by atoms with E-state index in [2.05, 4.69) is 76.4 Å². The zero-order valence-corrected chi connectivity index (χ0v) is 22.9. The van der Waals surface area contributed by atoms with Crippen molar-refractivity contribution >= 4 is 13.6 Å². The molecule has 0 rings (SSSR count). The Balaban J connectivity index is -0.000000122. The van der Waals surface area contributed by atoms with Crippen molar-refractivity contribution < 1.29 is 29.1 Å². The van der Waals surface area contributed by atoms with Crippen molar-refractivity contribution in [3.63, 3.8) is 0 Å². The molecule has 0 aliphatic rings. The van der Waals surface area contributed by atoms with Crippen LogP contribution >= 0.6 is 0 Å². The number of unbranched alkanes of at least 4 members (excludes halogenated alkanes) is 2. The van der Waals surface area contributed by atoms with Crippen molar-refractivity contribution in [3.8, 4) is 0 Å². The Morgan fingerprint density at radius 3 is 0.871 bits per heavy atom. The van der Waals surface area contributed by atoms with Gasteiger partial charge in [0.25, 0.3) is 0 Å². The molecule has 0 unspecified atom stereocenters. The van der Waals surface area contributed by atoms with Gasteiger partial charge < -0.3 is 30.9 Å². The van der Waals surface area contributed by atoms with E-state index in [-0.39, 0.29) is 19.5 Å². The van der Waals surface area contributed by atoms with Gasteiger partial charge in [0, 0.05) is 0 Å². The number of carbonyl (C=O) groups excluding carboxylic acids is 2.